The fraction of sp³-hybridized carbons (Fsp3) is 0.231. The maximum Gasteiger partial charge on any atom is 0.330 e. The first-order chi connectivity index (χ1) is 9.29. The summed E-state index contributed by atoms with van der Waals surface area (Å²) in [5, 5.41) is 30.8. The highest BCUT2D eigenvalue weighted by Crippen LogP contribution is 1.81. The first kappa shape index (κ1) is 26.6. The molecular formula is C13H20O8. The molecule has 8 heteroatoms. The predicted octanol–water partition coefficient (Wildman–Crippen LogP) is 1.64. The molecule has 0 atom stereocenters. The van der Waals surface area contributed by atoms with Gasteiger partial charge in [-0.15, -0.1) is 0 Å². The highest BCUT2D eigenvalue weighted by Gasteiger charge is 1.90. The highest BCUT2D eigenvalue weighted by atomic mass is 16.4. The van der Waals surface area contributed by atoms with E-state index in [1.807, 2.05) is 0 Å². The Bertz CT molecular complexity index is 354. The zero-order chi connectivity index (χ0) is 18.2. The molecule has 0 unspecified atom stereocenters. The third kappa shape index (κ3) is 77.3. The van der Waals surface area contributed by atoms with E-state index in [0.717, 1.165) is 13.0 Å². The summed E-state index contributed by atoms with van der Waals surface area (Å²) in [6.07, 6.45) is 0.833. The lowest BCUT2D eigenvalue weighted by Gasteiger charge is -1.79. The lowest BCUT2D eigenvalue weighted by Crippen LogP contribution is -1.92. The molecule has 0 aromatic heterocycles. The highest BCUT2D eigenvalue weighted by molar-refractivity contribution is 5.85. The number of hydrogen-bond donors (Lipinski definition) is 4. The van der Waals surface area contributed by atoms with Crippen LogP contribution in [0.15, 0.2) is 37.0 Å². The van der Waals surface area contributed by atoms with E-state index >= 15 is 0 Å². The van der Waals surface area contributed by atoms with Crippen molar-refractivity contribution < 1.29 is 39.6 Å². The second-order valence-corrected chi connectivity index (χ2v) is 3.23. The van der Waals surface area contributed by atoms with Gasteiger partial charge in [0.2, 0.25) is 0 Å². The van der Waals surface area contributed by atoms with Crippen LogP contribution in [0.1, 0.15) is 20.8 Å². The lowest BCUT2D eigenvalue weighted by molar-refractivity contribution is -0.135. The minimum Gasteiger partial charge on any atom is -0.481 e. The van der Waals surface area contributed by atoms with Gasteiger partial charge in [-0.25, -0.2) is 14.4 Å². The SMILES string of the molecule is C=C(C)C(=O)O.C=C(C)C(=O)O.C=CC(=O)O.CC(=O)O. The summed E-state index contributed by atoms with van der Waals surface area (Å²) < 4.78 is 0. The molecule has 21 heavy (non-hydrogen) atoms. The topological polar surface area (TPSA) is 149 Å². The van der Waals surface area contributed by atoms with Crippen molar-refractivity contribution in [2.75, 3.05) is 0 Å². The predicted molar refractivity (Wildman–Crippen MR) is 76.0 cm³/mol. The molecular weight excluding hydrogens is 284 g/mol. The van der Waals surface area contributed by atoms with Crippen molar-refractivity contribution in [1.29, 1.82) is 0 Å². The number of carboxylic acid groups (broad SMARTS) is 4. The molecule has 0 saturated carbocycles. The van der Waals surface area contributed by atoms with E-state index in [0.29, 0.717) is 0 Å². The molecule has 0 aliphatic heterocycles. The maximum atomic E-state index is 9.60. The van der Waals surface area contributed by atoms with Crippen LogP contribution in [0.3, 0.4) is 0 Å². The monoisotopic (exact) mass is 304 g/mol. The van der Waals surface area contributed by atoms with Gasteiger partial charge in [-0.05, 0) is 13.8 Å². The molecule has 120 valence electrons. The third-order valence-electron chi connectivity index (χ3n) is 0.905. The Kier molecular flexibility index (Phi) is 21.7. The van der Waals surface area contributed by atoms with Gasteiger partial charge in [-0.1, -0.05) is 19.7 Å². The van der Waals surface area contributed by atoms with Crippen LogP contribution in [0.2, 0.25) is 0 Å². The molecule has 4 N–H and O–H groups in total. The zero-order valence-electron chi connectivity index (χ0n) is 12.1. The first-order valence-corrected chi connectivity index (χ1v) is 5.11. The van der Waals surface area contributed by atoms with Crippen LogP contribution in [0.4, 0.5) is 0 Å². The summed E-state index contributed by atoms with van der Waals surface area (Å²) in [5.74, 6) is -3.69. The maximum absolute atomic E-state index is 9.60. The molecule has 0 saturated heterocycles. The van der Waals surface area contributed by atoms with Gasteiger partial charge in [0.1, 0.15) is 0 Å². The summed E-state index contributed by atoms with van der Waals surface area (Å²) in [7, 11) is 0. The average Bonchev–Trinajstić information content (AvgIpc) is 2.29. The third-order valence-corrected chi connectivity index (χ3v) is 0.905. The van der Waals surface area contributed by atoms with Crippen molar-refractivity contribution in [3.8, 4) is 0 Å². The quantitative estimate of drug-likeness (QED) is 0.575. The second kappa shape index (κ2) is 17.1. The van der Waals surface area contributed by atoms with E-state index in [9.17, 15) is 14.4 Å². The van der Waals surface area contributed by atoms with Gasteiger partial charge < -0.3 is 20.4 Å². The van der Waals surface area contributed by atoms with Gasteiger partial charge >= 0.3 is 17.9 Å². The molecule has 0 aromatic rings. The molecule has 0 spiro atoms. The van der Waals surface area contributed by atoms with Crippen LogP contribution in [0.5, 0.6) is 0 Å². The molecule has 0 radical (unpaired) electrons. The molecule has 0 aliphatic rings. The van der Waals surface area contributed by atoms with E-state index in [-0.39, 0.29) is 11.1 Å². The summed E-state index contributed by atoms with van der Waals surface area (Å²) in [5.41, 5.74) is 0.352. The lowest BCUT2D eigenvalue weighted by atomic mass is 10.4. The van der Waals surface area contributed by atoms with Gasteiger partial charge in [0.05, 0.1) is 0 Å². The van der Waals surface area contributed by atoms with Gasteiger partial charge in [0.15, 0.2) is 0 Å². The van der Waals surface area contributed by atoms with Crippen LogP contribution in [-0.4, -0.2) is 44.3 Å². The molecule has 8 nitrogen and oxygen atoms in total. The minimum absolute atomic E-state index is 0.176. The summed E-state index contributed by atoms with van der Waals surface area (Å²) >= 11 is 0. The van der Waals surface area contributed by atoms with E-state index in [4.69, 9.17) is 25.2 Å². The summed E-state index contributed by atoms with van der Waals surface area (Å²) in [6.45, 7) is 13.2. The van der Waals surface area contributed by atoms with Crippen LogP contribution < -0.4 is 0 Å². The average molecular weight is 304 g/mol. The van der Waals surface area contributed by atoms with Crippen molar-refractivity contribution in [2.24, 2.45) is 0 Å². The number of aliphatic carboxylic acids is 4. The van der Waals surface area contributed by atoms with Crippen molar-refractivity contribution in [2.45, 2.75) is 20.8 Å². The van der Waals surface area contributed by atoms with E-state index in [1.165, 1.54) is 13.8 Å². The molecule has 0 heterocycles. The van der Waals surface area contributed by atoms with Gasteiger partial charge in [0.25, 0.3) is 5.97 Å². The Labute approximate surface area is 122 Å². The Morgan fingerprint density at radius 1 is 0.762 bits per heavy atom. The Balaban J connectivity index is -0.0000000929. The van der Waals surface area contributed by atoms with E-state index in [1.54, 1.807) is 0 Å². The van der Waals surface area contributed by atoms with Gasteiger partial charge in [-0.2, -0.15) is 0 Å². The zero-order valence-corrected chi connectivity index (χ0v) is 12.1. The normalized spacial score (nSPS) is 7.00. The molecule has 0 fully saturated rings. The van der Waals surface area contributed by atoms with E-state index < -0.39 is 23.9 Å². The minimum atomic E-state index is -0.981. The smallest absolute Gasteiger partial charge is 0.330 e. The standard InChI is InChI=1S/2C4H6O2.C3H4O2.C2H4O2/c2*1-3(2)4(5)6;1-2-3(4)5;1-2(3)4/h2*1H2,2H3,(H,5,6);2H,1H2,(H,4,5);1H3,(H,3,4). The number of carboxylic acids is 4. The fourth-order valence-corrected chi connectivity index (χ4v) is 0. The largest absolute Gasteiger partial charge is 0.481 e. The number of rotatable bonds is 3. The summed E-state index contributed by atoms with van der Waals surface area (Å²) in [6, 6.07) is 0. The van der Waals surface area contributed by atoms with Crippen LogP contribution in [-0.2, 0) is 19.2 Å². The van der Waals surface area contributed by atoms with Crippen LogP contribution in [0, 0.1) is 0 Å². The number of carbonyl (C=O) groups is 4. The summed E-state index contributed by atoms with van der Waals surface area (Å²) in [4.78, 5) is 37.4. The van der Waals surface area contributed by atoms with Crippen LogP contribution in [0.25, 0.3) is 0 Å². The molecule has 0 bridgehead atoms. The Morgan fingerprint density at radius 2 is 0.857 bits per heavy atom. The second-order valence-electron chi connectivity index (χ2n) is 3.23. The van der Waals surface area contributed by atoms with Crippen molar-refractivity contribution in [3.63, 3.8) is 0 Å². The fourth-order valence-electron chi connectivity index (χ4n) is 0. The van der Waals surface area contributed by atoms with Crippen molar-refractivity contribution >= 4 is 23.9 Å². The van der Waals surface area contributed by atoms with Gasteiger partial charge in [-0.3, -0.25) is 4.79 Å². The number of hydrogen-bond acceptors (Lipinski definition) is 4. The van der Waals surface area contributed by atoms with Gasteiger partial charge in [0, 0.05) is 24.1 Å². The van der Waals surface area contributed by atoms with Crippen molar-refractivity contribution in [1.82, 2.24) is 0 Å². The molecule has 0 amide bonds. The Morgan fingerprint density at radius 3 is 0.857 bits per heavy atom. The molecule has 0 rings (SSSR count). The van der Waals surface area contributed by atoms with E-state index in [2.05, 4.69) is 19.7 Å². The van der Waals surface area contributed by atoms with Crippen molar-refractivity contribution in [3.05, 3.63) is 37.0 Å². The molecule has 0 aliphatic carbocycles. The Hall–Kier alpha value is -2.90. The first-order valence-electron chi connectivity index (χ1n) is 5.11. The van der Waals surface area contributed by atoms with Crippen LogP contribution >= 0.6 is 0 Å². The molecule has 0 aromatic carbocycles.